The number of amides is 1. The van der Waals surface area contributed by atoms with Gasteiger partial charge >= 0.3 is 5.97 Å². The van der Waals surface area contributed by atoms with Crippen molar-refractivity contribution in [2.24, 2.45) is 0 Å². The zero-order valence-electron chi connectivity index (χ0n) is 16.6. The summed E-state index contributed by atoms with van der Waals surface area (Å²) in [6, 6.07) is 14.6. The van der Waals surface area contributed by atoms with Crippen LogP contribution in [-0.4, -0.2) is 35.4 Å². The lowest BCUT2D eigenvalue weighted by atomic mass is 10.1. The van der Waals surface area contributed by atoms with E-state index in [9.17, 15) is 9.59 Å². The van der Waals surface area contributed by atoms with Crippen LogP contribution in [0.15, 0.2) is 54.7 Å². The molecule has 0 spiro atoms. The van der Waals surface area contributed by atoms with E-state index < -0.39 is 5.97 Å². The molecule has 1 aromatic heterocycles. The van der Waals surface area contributed by atoms with Gasteiger partial charge in [-0.2, -0.15) is 5.10 Å². The van der Waals surface area contributed by atoms with E-state index in [-0.39, 0.29) is 12.3 Å². The molecule has 0 aliphatic heterocycles. The van der Waals surface area contributed by atoms with Crippen molar-refractivity contribution < 1.29 is 19.1 Å². The quantitative estimate of drug-likeness (QED) is 0.621. The van der Waals surface area contributed by atoms with Crippen LogP contribution in [0.1, 0.15) is 28.5 Å². The maximum atomic E-state index is 12.3. The number of hydrogen-bond donors (Lipinski definition) is 1. The summed E-state index contributed by atoms with van der Waals surface area (Å²) in [6.45, 7) is 3.89. The van der Waals surface area contributed by atoms with Gasteiger partial charge in [-0.25, -0.2) is 9.48 Å². The number of carbonyl (C=O) groups excluding carboxylic acids is 2. The molecule has 3 aromatic rings. The highest BCUT2D eigenvalue weighted by molar-refractivity contribution is 5.92. The first-order valence-electron chi connectivity index (χ1n) is 9.26. The first-order valence-corrected chi connectivity index (χ1v) is 9.26. The van der Waals surface area contributed by atoms with Crippen LogP contribution in [0.3, 0.4) is 0 Å². The maximum absolute atomic E-state index is 12.3. The normalized spacial score (nSPS) is 10.4. The standard InChI is InChI=1S/C22H23N3O4/c1-4-29-22(27)20-14-23-25(15(20)2)18-9-7-17(8-10-18)24-21(26)13-16-5-11-19(28-3)12-6-16/h5-12,14H,4,13H2,1-3H3,(H,24,26). The molecule has 7 nitrogen and oxygen atoms in total. The molecule has 7 heteroatoms. The van der Waals surface area contributed by atoms with E-state index in [1.165, 1.54) is 6.20 Å². The van der Waals surface area contributed by atoms with E-state index >= 15 is 0 Å². The number of benzene rings is 2. The molecule has 0 saturated heterocycles. The first kappa shape index (κ1) is 20.1. The Balaban J connectivity index is 1.65. The summed E-state index contributed by atoms with van der Waals surface area (Å²) in [4.78, 5) is 24.2. The van der Waals surface area contributed by atoms with Gasteiger partial charge in [-0.1, -0.05) is 12.1 Å². The molecule has 0 saturated carbocycles. The van der Waals surface area contributed by atoms with Gasteiger partial charge in [-0.05, 0) is 55.8 Å². The summed E-state index contributed by atoms with van der Waals surface area (Å²) < 4.78 is 11.8. The van der Waals surface area contributed by atoms with Gasteiger partial charge in [0.05, 0.1) is 37.7 Å². The van der Waals surface area contributed by atoms with Crippen molar-refractivity contribution in [2.45, 2.75) is 20.3 Å². The topological polar surface area (TPSA) is 82.5 Å². The Kier molecular flexibility index (Phi) is 6.29. The third kappa shape index (κ3) is 4.82. The van der Waals surface area contributed by atoms with Gasteiger partial charge in [-0.3, -0.25) is 4.79 Å². The molecular formula is C22H23N3O4. The predicted octanol–water partition coefficient (Wildman–Crippen LogP) is 3.55. The fourth-order valence-corrected chi connectivity index (χ4v) is 2.90. The molecule has 0 unspecified atom stereocenters. The Morgan fingerprint density at radius 1 is 1.07 bits per heavy atom. The molecule has 2 aromatic carbocycles. The molecule has 0 bridgehead atoms. The summed E-state index contributed by atoms with van der Waals surface area (Å²) in [6.07, 6.45) is 1.77. The Hall–Kier alpha value is -3.61. The Labute approximate surface area is 169 Å². The van der Waals surface area contributed by atoms with E-state index in [4.69, 9.17) is 9.47 Å². The highest BCUT2D eigenvalue weighted by Crippen LogP contribution is 2.18. The molecule has 1 heterocycles. The van der Waals surface area contributed by atoms with Gasteiger partial charge in [0.15, 0.2) is 0 Å². The van der Waals surface area contributed by atoms with Crippen LogP contribution in [0.4, 0.5) is 5.69 Å². The van der Waals surface area contributed by atoms with E-state index in [2.05, 4.69) is 10.4 Å². The van der Waals surface area contributed by atoms with Gasteiger partial charge in [0, 0.05) is 5.69 Å². The second-order valence-corrected chi connectivity index (χ2v) is 6.40. The number of aromatic nitrogens is 2. The van der Waals surface area contributed by atoms with Crippen molar-refractivity contribution in [1.82, 2.24) is 9.78 Å². The smallest absolute Gasteiger partial charge is 0.341 e. The van der Waals surface area contributed by atoms with Crippen molar-refractivity contribution in [1.29, 1.82) is 0 Å². The Morgan fingerprint density at radius 2 is 1.76 bits per heavy atom. The van der Waals surface area contributed by atoms with Crippen LogP contribution in [0, 0.1) is 6.92 Å². The molecule has 0 atom stereocenters. The number of ether oxygens (including phenoxy) is 2. The van der Waals surface area contributed by atoms with E-state index in [1.54, 1.807) is 30.8 Å². The molecule has 0 aliphatic rings. The zero-order valence-corrected chi connectivity index (χ0v) is 16.6. The monoisotopic (exact) mass is 393 g/mol. The van der Waals surface area contributed by atoms with E-state index in [0.717, 1.165) is 17.0 Å². The van der Waals surface area contributed by atoms with Crippen LogP contribution in [0.25, 0.3) is 5.69 Å². The Bertz CT molecular complexity index is 992. The number of nitrogens with one attached hydrogen (secondary N) is 1. The highest BCUT2D eigenvalue weighted by atomic mass is 16.5. The lowest BCUT2D eigenvalue weighted by molar-refractivity contribution is -0.115. The summed E-state index contributed by atoms with van der Waals surface area (Å²) in [5.41, 5.74) is 3.50. The lowest BCUT2D eigenvalue weighted by Crippen LogP contribution is -2.14. The number of hydrogen-bond acceptors (Lipinski definition) is 5. The third-order valence-electron chi connectivity index (χ3n) is 4.42. The largest absolute Gasteiger partial charge is 0.497 e. The van der Waals surface area contributed by atoms with E-state index in [0.29, 0.717) is 23.6 Å². The number of methoxy groups -OCH3 is 1. The minimum Gasteiger partial charge on any atom is -0.497 e. The molecule has 1 N–H and O–H groups in total. The number of nitrogens with zero attached hydrogens (tertiary/aromatic N) is 2. The first-order chi connectivity index (χ1) is 14.0. The van der Waals surface area contributed by atoms with Crippen LogP contribution < -0.4 is 10.1 Å². The minimum atomic E-state index is -0.390. The van der Waals surface area contributed by atoms with Gasteiger partial charge < -0.3 is 14.8 Å². The van der Waals surface area contributed by atoms with Crippen LogP contribution >= 0.6 is 0 Å². The molecule has 1 amide bonds. The lowest BCUT2D eigenvalue weighted by Gasteiger charge is -2.09. The summed E-state index contributed by atoms with van der Waals surface area (Å²) in [5.74, 6) is 0.256. The summed E-state index contributed by atoms with van der Waals surface area (Å²) in [5, 5.41) is 7.15. The number of carbonyl (C=O) groups is 2. The molecule has 29 heavy (non-hydrogen) atoms. The third-order valence-corrected chi connectivity index (χ3v) is 4.42. The van der Waals surface area contributed by atoms with Crippen molar-refractivity contribution in [3.05, 3.63) is 71.5 Å². The SMILES string of the molecule is CCOC(=O)c1cnn(-c2ccc(NC(=O)Cc3ccc(OC)cc3)cc2)c1C. The van der Waals surface area contributed by atoms with Crippen molar-refractivity contribution in [3.8, 4) is 11.4 Å². The minimum absolute atomic E-state index is 0.109. The van der Waals surface area contributed by atoms with E-state index in [1.807, 2.05) is 43.3 Å². The second kappa shape index (κ2) is 9.05. The Morgan fingerprint density at radius 3 is 2.38 bits per heavy atom. The average Bonchev–Trinajstić information content (AvgIpc) is 3.11. The van der Waals surface area contributed by atoms with Crippen molar-refractivity contribution >= 4 is 17.6 Å². The summed E-state index contributed by atoms with van der Waals surface area (Å²) in [7, 11) is 1.60. The van der Waals surface area contributed by atoms with Crippen molar-refractivity contribution in [2.75, 3.05) is 19.0 Å². The highest BCUT2D eigenvalue weighted by Gasteiger charge is 2.16. The van der Waals surface area contributed by atoms with Gasteiger partial charge in [0.25, 0.3) is 0 Å². The number of rotatable bonds is 7. The molecule has 0 radical (unpaired) electrons. The van der Waals surface area contributed by atoms with Crippen LogP contribution in [0.2, 0.25) is 0 Å². The van der Waals surface area contributed by atoms with Crippen molar-refractivity contribution in [3.63, 3.8) is 0 Å². The molecular weight excluding hydrogens is 370 g/mol. The molecule has 0 fully saturated rings. The second-order valence-electron chi connectivity index (χ2n) is 6.40. The van der Waals surface area contributed by atoms with Gasteiger partial charge in [0.1, 0.15) is 11.3 Å². The molecule has 0 aliphatic carbocycles. The van der Waals surface area contributed by atoms with Gasteiger partial charge in [0.2, 0.25) is 5.91 Å². The predicted molar refractivity (Wildman–Crippen MR) is 110 cm³/mol. The number of anilines is 1. The van der Waals surface area contributed by atoms with Crippen LogP contribution in [0.5, 0.6) is 5.75 Å². The number of esters is 1. The zero-order chi connectivity index (χ0) is 20.8. The fraction of sp³-hybridized carbons (Fsp3) is 0.227. The summed E-state index contributed by atoms with van der Waals surface area (Å²) >= 11 is 0. The van der Waals surface area contributed by atoms with Gasteiger partial charge in [-0.15, -0.1) is 0 Å². The molecule has 150 valence electrons. The maximum Gasteiger partial charge on any atom is 0.341 e. The average molecular weight is 393 g/mol. The fourth-order valence-electron chi connectivity index (χ4n) is 2.90. The molecule has 3 rings (SSSR count). The van der Waals surface area contributed by atoms with Crippen LogP contribution in [-0.2, 0) is 16.0 Å².